The average molecular weight is 366 g/mol. The number of methoxy groups -OCH3 is 1. The largest absolute Gasteiger partial charge is 0.481 e. The number of halogens is 2. The van der Waals surface area contributed by atoms with Crippen LogP contribution in [-0.2, 0) is 0 Å². The van der Waals surface area contributed by atoms with Crippen LogP contribution in [0.4, 0.5) is 14.5 Å². The number of hydrogen-bond acceptors (Lipinski definition) is 5. The lowest BCUT2D eigenvalue weighted by atomic mass is 10.2. The van der Waals surface area contributed by atoms with Crippen LogP contribution in [0.15, 0.2) is 46.7 Å². The van der Waals surface area contributed by atoms with Gasteiger partial charge in [0.2, 0.25) is 5.88 Å². The molecule has 0 aliphatic carbocycles. The van der Waals surface area contributed by atoms with E-state index in [1.807, 2.05) is 6.07 Å². The van der Waals surface area contributed by atoms with E-state index in [2.05, 4.69) is 10.3 Å². The van der Waals surface area contributed by atoms with Gasteiger partial charge in [0, 0.05) is 22.0 Å². The van der Waals surface area contributed by atoms with Crippen LogP contribution >= 0.6 is 23.1 Å². The molecule has 0 bridgehead atoms. The molecule has 0 spiro atoms. The van der Waals surface area contributed by atoms with Crippen molar-refractivity contribution in [3.63, 3.8) is 0 Å². The number of aromatic nitrogens is 1. The van der Waals surface area contributed by atoms with Gasteiger partial charge in [-0.1, -0.05) is 11.8 Å². The lowest BCUT2D eigenvalue weighted by Crippen LogP contribution is -2.11. The first-order valence-electron chi connectivity index (χ1n) is 6.85. The molecule has 0 unspecified atom stereocenters. The van der Waals surface area contributed by atoms with Crippen molar-refractivity contribution in [3.05, 3.63) is 46.7 Å². The van der Waals surface area contributed by atoms with Crippen LogP contribution in [0.25, 0.3) is 10.9 Å². The van der Waals surface area contributed by atoms with Crippen LogP contribution in [0.2, 0.25) is 0 Å². The molecule has 1 N–H and O–H groups in total. The van der Waals surface area contributed by atoms with Crippen LogP contribution in [0.5, 0.6) is 5.88 Å². The minimum absolute atomic E-state index is 0.272. The Bertz CT molecular complexity index is 883. The van der Waals surface area contributed by atoms with Crippen LogP contribution < -0.4 is 10.1 Å². The van der Waals surface area contributed by atoms with E-state index in [0.29, 0.717) is 23.3 Å². The molecule has 1 aromatic carbocycles. The van der Waals surface area contributed by atoms with Crippen molar-refractivity contribution in [2.45, 2.75) is 10.7 Å². The summed E-state index contributed by atoms with van der Waals surface area (Å²) in [4.78, 5) is 17.2. The van der Waals surface area contributed by atoms with Gasteiger partial charge in [-0.05, 0) is 35.7 Å². The zero-order valence-corrected chi connectivity index (χ0v) is 14.1. The van der Waals surface area contributed by atoms with Gasteiger partial charge in [-0.3, -0.25) is 4.79 Å². The van der Waals surface area contributed by atoms with Gasteiger partial charge in [0.1, 0.15) is 4.88 Å². The average Bonchev–Trinajstić information content (AvgIpc) is 3.01. The third kappa shape index (κ3) is 3.65. The summed E-state index contributed by atoms with van der Waals surface area (Å²) in [5.74, 6) is -2.46. The first-order chi connectivity index (χ1) is 11.6. The molecule has 3 aromatic rings. The van der Waals surface area contributed by atoms with Gasteiger partial charge in [0.15, 0.2) is 0 Å². The molecule has 0 aliphatic heterocycles. The fourth-order valence-electron chi connectivity index (χ4n) is 2.14. The molecule has 2 heterocycles. The van der Waals surface area contributed by atoms with E-state index in [0.717, 1.165) is 22.2 Å². The number of benzene rings is 1. The second-order valence-corrected chi connectivity index (χ2v) is 6.66. The smallest absolute Gasteiger partial charge is 0.288 e. The number of amides is 1. The molecule has 124 valence electrons. The SMILES string of the molecule is COc1ccc2cc(NC(=O)c3sccc3SC(F)F)ccc2n1. The summed E-state index contributed by atoms with van der Waals surface area (Å²) >= 11 is 1.50. The van der Waals surface area contributed by atoms with Gasteiger partial charge in [-0.2, -0.15) is 8.78 Å². The van der Waals surface area contributed by atoms with E-state index in [1.54, 1.807) is 36.8 Å². The van der Waals surface area contributed by atoms with Gasteiger partial charge >= 0.3 is 0 Å². The highest BCUT2D eigenvalue weighted by atomic mass is 32.2. The second kappa shape index (κ2) is 7.14. The van der Waals surface area contributed by atoms with E-state index < -0.39 is 11.7 Å². The molecular formula is C16H12F2N2O2S2. The van der Waals surface area contributed by atoms with Crippen molar-refractivity contribution in [1.82, 2.24) is 4.98 Å². The number of thiophene rings is 1. The maximum Gasteiger partial charge on any atom is 0.288 e. The zero-order valence-electron chi connectivity index (χ0n) is 12.5. The summed E-state index contributed by atoms with van der Waals surface area (Å²) in [6.45, 7) is 0. The number of anilines is 1. The Balaban J connectivity index is 1.82. The van der Waals surface area contributed by atoms with Crippen molar-refractivity contribution in [1.29, 1.82) is 0 Å². The number of carbonyl (C=O) groups excluding carboxylic acids is 1. The van der Waals surface area contributed by atoms with Crippen molar-refractivity contribution < 1.29 is 18.3 Å². The number of thioether (sulfide) groups is 1. The molecule has 4 nitrogen and oxygen atoms in total. The van der Waals surface area contributed by atoms with Crippen LogP contribution in [0.3, 0.4) is 0 Å². The summed E-state index contributed by atoms with van der Waals surface area (Å²) in [5.41, 5.74) is 1.30. The van der Waals surface area contributed by atoms with Crippen LogP contribution in [-0.4, -0.2) is 23.8 Å². The quantitative estimate of drug-likeness (QED) is 0.655. The van der Waals surface area contributed by atoms with E-state index in [1.165, 1.54) is 6.07 Å². The third-order valence-corrected chi connectivity index (χ3v) is 5.00. The number of nitrogens with one attached hydrogen (secondary N) is 1. The topological polar surface area (TPSA) is 51.2 Å². The highest BCUT2D eigenvalue weighted by Crippen LogP contribution is 2.32. The first kappa shape index (κ1) is 16.7. The Labute approximate surface area is 144 Å². The van der Waals surface area contributed by atoms with Crippen molar-refractivity contribution in [3.8, 4) is 5.88 Å². The predicted molar refractivity (Wildman–Crippen MR) is 92.4 cm³/mol. The predicted octanol–water partition coefficient (Wildman–Crippen LogP) is 4.87. The minimum Gasteiger partial charge on any atom is -0.481 e. The standard InChI is InChI=1S/C16H12F2N2O2S2/c1-22-13-5-2-9-8-10(3-4-11(9)20-13)19-15(21)14-12(6-7-23-14)24-16(17)18/h2-8,16H,1H3,(H,19,21). The summed E-state index contributed by atoms with van der Waals surface area (Å²) in [6.07, 6.45) is 0. The molecule has 0 saturated carbocycles. The summed E-state index contributed by atoms with van der Waals surface area (Å²) in [6, 6.07) is 10.3. The zero-order chi connectivity index (χ0) is 17.1. The Morgan fingerprint density at radius 1 is 1.29 bits per heavy atom. The Morgan fingerprint density at radius 2 is 2.12 bits per heavy atom. The summed E-state index contributed by atoms with van der Waals surface area (Å²) in [7, 11) is 1.54. The molecule has 1 amide bonds. The third-order valence-electron chi connectivity index (χ3n) is 3.18. The fraction of sp³-hybridized carbons (Fsp3) is 0.125. The minimum atomic E-state index is -2.56. The van der Waals surface area contributed by atoms with Gasteiger partial charge in [-0.15, -0.1) is 11.3 Å². The van der Waals surface area contributed by atoms with Crippen molar-refractivity contribution in [2.75, 3.05) is 12.4 Å². The van der Waals surface area contributed by atoms with Crippen molar-refractivity contribution >= 4 is 45.6 Å². The van der Waals surface area contributed by atoms with E-state index >= 15 is 0 Å². The number of hydrogen-bond donors (Lipinski definition) is 1. The molecule has 2 aromatic heterocycles. The Kier molecular flexibility index (Phi) is 4.96. The maximum absolute atomic E-state index is 12.5. The van der Waals surface area contributed by atoms with Gasteiger partial charge in [-0.25, -0.2) is 4.98 Å². The van der Waals surface area contributed by atoms with Crippen LogP contribution in [0, 0.1) is 0 Å². The molecule has 0 atom stereocenters. The highest BCUT2D eigenvalue weighted by molar-refractivity contribution is 7.99. The molecular weight excluding hydrogens is 354 g/mol. The number of pyridine rings is 1. The number of alkyl halides is 2. The maximum atomic E-state index is 12.5. The van der Waals surface area contributed by atoms with Gasteiger partial charge in [0.05, 0.1) is 12.6 Å². The van der Waals surface area contributed by atoms with Crippen LogP contribution in [0.1, 0.15) is 9.67 Å². The molecule has 0 radical (unpaired) electrons. The fourth-order valence-corrected chi connectivity index (χ4v) is 3.73. The number of carbonyl (C=O) groups is 1. The molecule has 0 saturated heterocycles. The Hall–Kier alpha value is -2.19. The molecule has 24 heavy (non-hydrogen) atoms. The molecule has 0 aliphatic rings. The second-order valence-electron chi connectivity index (χ2n) is 4.71. The normalized spacial score (nSPS) is 11.0. The van der Waals surface area contributed by atoms with Crippen molar-refractivity contribution in [2.24, 2.45) is 0 Å². The molecule has 3 rings (SSSR count). The van der Waals surface area contributed by atoms with E-state index in [4.69, 9.17) is 4.74 Å². The number of nitrogens with zero attached hydrogens (tertiary/aromatic N) is 1. The number of rotatable bonds is 5. The van der Waals surface area contributed by atoms with Gasteiger partial charge < -0.3 is 10.1 Å². The molecule has 0 fully saturated rings. The number of ether oxygens (including phenoxy) is 1. The van der Waals surface area contributed by atoms with Gasteiger partial charge in [0.25, 0.3) is 11.7 Å². The van der Waals surface area contributed by atoms with E-state index in [9.17, 15) is 13.6 Å². The first-order valence-corrected chi connectivity index (χ1v) is 8.61. The number of fused-ring (bicyclic) bond motifs is 1. The lowest BCUT2D eigenvalue weighted by molar-refractivity contribution is 0.102. The summed E-state index contributed by atoms with van der Waals surface area (Å²) in [5, 5.41) is 5.19. The molecule has 8 heteroatoms. The van der Waals surface area contributed by atoms with E-state index in [-0.39, 0.29) is 9.77 Å². The summed E-state index contributed by atoms with van der Waals surface area (Å²) < 4.78 is 30.1. The monoisotopic (exact) mass is 366 g/mol. The highest BCUT2D eigenvalue weighted by Gasteiger charge is 2.17. The lowest BCUT2D eigenvalue weighted by Gasteiger charge is -2.07. The Morgan fingerprint density at radius 3 is 2.88 bits per heavy atom.